The molecule has 3 N–H and O–H groups in total. The predicted molar refractivity (Wildman–Crippen MR) is 160 cm³/mol. The van der Waals surface area contributed by atoms with E-state index in [0.717, 1.165) is 48.7 Å². The van der Waals surface area contributed by atoms with Crippen LogP contribution < -0.4 is 16.0 Å². The Morgan fingerprint density at radius 1 is 0.927 bits per heavy atom. The van der Waals surface area contributed by atoms with Gasteiger partial charge in [-0.25, -0.2) is 4.98 Å². The number of benzene rings is 3. The number of aromatic nitrogens is 1. The fraction of sp³-hybridized carbons (Fsp3) is 0.394. The summed E-state index contributed by atoms with van der Waals surface area (Å²) in [6, 6.07) is 21.3. The number of piperidine rings is 1. The van der Waals surface area contributed by atoms with E-state index in [1.165, 1.54) is 0 Å². The van der Waals surface area contributed by atoms with E-state index in [9.17, 15) is 14.4 Å². The average molecular weight is 555 g/mol. The molecule has 2 heterocycles. The van der Waals surface area contributed by atoms with Gasteiger partial charge in [0.2, 0.25) is 17.6 Å². The number of nitrogens with one attached hydrogen (secondary N) is 3. The Kier molecular flexibility index (Phi) is 9.41. The second-order valence-electron chi connectivity index (χ2n) is 11.0. The minimum atomic E-state index is -0.501. The molecule has 5 rings (SSSR count). The Balaban J connectivity index is 1.16. The highest BCUT2D eigenvalue weighted by Crippen LogP contribution is 2.29. The zero-order chi connectivity index (χ0) is 28.6. The predicted octanol–water partition coefficient (Wildman–Crippen LogP) is 4.99. The van der Waals surface area contributed by atoms with Gasteiger partial charge >= 0.3 is 0 Å². The number of carbonyl (C=O) groups is 3. The number of carbonyl (C=O) groups excluding carboxylic acids is 3. The lowest BCUT2D eigenvalue weighted by atomic mass is 9.91. The van der Waals surface area contributed by atoms with Crippen molar-refractivity contribution in [3.8, 4) is 0 Å². The maximum absolute atomic E-state index is 13.7. The maximum atomic E-state index is 13.7. The minimum absolute atomic E-state index is 0.0604. The van der Waals surface area contributed by atoms with Gasteiger partial charge in [0.05, 0.1) is 5.92 Å². The van der Waals surface area contributed by atoms with Crippen molar-refractivity contribution < 1.29 is 18.8 Å². The molecule has 214 valence electrons. The molecule has 2 amide bonds. The van der Waals surface area contributed by atoms with E-state index in [4.69, 9.17) is 4.42 Å². The van der Waals surface area contributed by atoms with Crippen LogP contribution in [0.25, 0.3) is 21.9 Å². The highest BCUT2D eigenvalue weighted by Gasteiger charge is 2.27. The third kappa shape index (κ3) is 7.19. The molecule has 4 aromatic rings. The minimum Gasteiger partial charge on any atom is -0.434 e. The number of oxazole rings is 1. The molecule has 8 nitrogen and oxygen atoms in total. The number of amides is 2. The molecule has 8 heteroatoms. The van der Waals surface area contributed by atoms with Crippen LogP contribution in [-0.4, -0.2) is 48.8 Å². The van der Waals surface area contributed by atoms with Crippen LogP contribution >= 0.6 is 0 Å². The van der Waals surface area contributed by atoms with Gasteiger partial charge in [0.15, 0.2) is 5.58 Å². The summed E-state index contributed by atoms with van der Waals surface area (Å²) in [5.41, 5.74) is 2.11. The standard InChI is InChI=1S/C33H38N4O4/c1-22(13-19-36-32(40)25-14-17-34-18-15-25)21-29(38)35-20-16-27(23-7-3-2-4-8-23)31(39)33-37-30-26-10-6-5-9-24(26)11-12-28(30)41-33/h2-12,22,25,27,34H,13-21H2,1H3,(H,35,38)(H,36,40). The molecule has 0 bridgehead atoms. The SMILES string of the molecule is CC(CCNC(=O)C1CCNCC1)CC(=O)NCCC(C(=O)c1nc2c(ccc3ccccc32)o1)c1ccccc1. The Morgan fingerprint density at radius 3 is 2.46 bits per heavy atom. The Bertz CT molecular complexity index is 1490. The van der Waals surface area contributed by atoms with E-state index in [0.29, 0.717) is 37.0 Å². The highest BCUT2D eigenvalue weighted by molar-refractivity contribution is 6.06. The second kappa shape index (κ2) is 13.5. The molecule has 0 saturated carbocycles. The first kappa shape index (κ1) is 28.5. The van der Waals surface area contributed by atoms with Gasteiger partial charge in [-0.2, -0.15) is 0 Å². The van der Waals surface area contributed by atoms with Gasteiger partial charge in [0.25, 0.3) is 5.89 Å². The van der Waals surface area contributed by atoms with Crippen LogP contribution in [0.5, 0.6) is 0 Å². The first-order valence-electron chi connectivity index (χ1n) is 14.6. The summed E-state index contributed by atoms with van der Waals surface area (Å²) in [5, 5.41) is 11.3. The number of hydrogen-bond acceptors (Lipinski definition) is 6. The van der Waals surface area contributed by atoms with Gasteiger partial charge in [-0.15, -0.1) is 0 Å². The molecule has 1 aliphatic rings. The summed E-state index contributed by atoms with van der Waals surface area (Å²) >= 11 is 0. The lowest BCUT2D eigenvalue weighted by molar-refractivity contribution is -0.125. The third-order valence-electron chi connectivity index (χ3n) is 7.95. The number of hydrogen-bond donors (Lipinski definition) is 3. The molecule has 0 radical (unpaired) electrons. The van der Waals surface area contributed by atoms with Crippen LogP contribution in [0.2, 0.25) is 0 Å². The van der Waals surface area contributed by atoms with Gasteiger partial charge in [-0.3, -0.25) is 14.4 Å². The molecule has 0 aliphatic carbocycles. The zero-order valence-corrected chi connectivity index (χ0v) is 23.5. The number of fused-ring (bicyclic) bond motifs is 3. The van der Waals surface area contributed by atoms with E-state index in [1.807, 2.05) is 73.7 Å². The summed E-state index contributed by atoms with van der Waals surface area (Å²) in [4.78, 5) is 43.3. The number of Topliss-reactive ketones (excluding diaryl/α,β-unsaturated/α-hetero) is 1. The molecule has 2 unspecified atom stereocenters. The molecule has 1 aromatic heterocycles. The van der Waals surface area contributed by atoms with Crippen molar-refractivity contribution in [1.29, 1.82) is 0 Å². The molecule has 1 aliphatic heterocycles. The fourth-order valence-corrected chi connectivity index (χ4v) is 5.57. The second-order valence-corrected chi connectivity index (χ2v) is 11.0. The number of nitrogens with zero attached hydrogens (tertiary/aromatic N) is 1. The van der Waals surface area contributed by atoms with Gasteiger partial charge in [-0.1, -0.05) is 67.6 Å². The third-order valence-corrected chi connectivity index (χ3v) is 7.95. The van der Waals surface area contributed by atoms with Crippen LogP contribution in [0.1, 0.15) is 61.2 Å². The lowest BCUT2D eigenvalue weighted by Crippen LogP contribution is -2.38. The van der Waals surface area contributed by atoms with E-state index >= 15 is 0 Å². The normalized spacial score (nSPS) is 15.4. The van der Waals surface area contributed by atoms with Crippen LogP contribution in [0.3, 0.4) is 0 Å². The molecule has 2 atom stereocenters. The van der Waals surface area contributed by atoms with Crippen molar-refractivity contribution in [2.45, 2.75) is 44.9 Å². The highest BCUT2D eigenvalue weighted by atomic mass is 16.4. The van der Waals surface area contributed by atoms with E-state index < -0.39 is 5.92 Å². The number of ketones is 1. The smallest absolute Gasteiger partial charge is 0.264 e. The van der Waals surface area contributed by atoms with E-state index in [1.54, 1.807) is 0 Å². The van der Waals surface area contributed by atoms with Gasteiger partial charge in [0, 0.05) is 30.8 Å². The van der Waals surface area contributed by atoms with Crippen molar-refractivity contribution in [2.75, 3.05) is 26.2 Å². The molecule has 0 spiro atoms. The largest absolute Gasteiger partial charge is 0.434 e. The average Bonchev–Trinajstić information content (AvgIpc) is 3.45. The lowest BCUT2D eigenvalue weighted by Gasteiger charge is -2.22. The maximum Gasteiger partial charge on any atom is 0.264 e. The summed E-state index contributed by atoms with van der Waals surface area (Å²) in [6.07, 6.45) is 3.28. The summed E-state index contributed by atoms with van der Waals surface area (Å²) < 4.78 is 5.93. The first-order chi connectivity index (χ1) is 20.0. The van der Waals surface area contributed by atoms with E-state index in [-0.39, 0.29) is 35.3 Å². The Hall–Kier alpha value is -4.04. The molecule has 3 aromatic carbocycles. The van der Waals surface area contributed by atoms with Gasteiger partial charge < -0.3 is 20.4 Å². The van der Waals surface area contributed by atoms with Crippen molar-refractivity contribution in [3.05, 3.63) is 78.2 Å². The Morgan fingerprint density at radius 2 is 1.66 bits per heavy atom. The molecular weight excluding hydrogens is 516 g/mol. The van der Waals surface area contributed by atoms with Crippen LogP contribution in [0.15, 0.2) is 71.1 Å². The van der Waals surface area contributed by atoms with Crippen LogP contribution in [0.4, 0.5) is 0 Å². The summed E-state index contributed by atoms with van der Waals surface area (Å²) in [5.74, 6) is -0.353. The monoisotopic (exact) mass is 554 g/mol. The first-order valence-corrected chi connectivity index (χ1v) is 14.6. The van der Waals surface area contributed by atoms with Crippen molar-refractivity contribution in [1.82, 2.24) is 20.9 Å². The van der Waals surface area contributed by atoms with Gasteiger partial charge in [0.1, 0.15) is 5.52 Å². The van der Waals surface area contributed by atoms with Gasteiger partial charge in [-0.05, 0) is 61.7 Å². The van der Waals surface area contributed by atoms with Crippen LogP contribution in [0, 0.1) is 11.8 Å². The summed E-state index contributed by atoms with van der Waals surface area (Å²) in [7, 11) is 0. The number of rotatable bonds is 12. The van der Waals surface area contributed by atoms with Crippen molar-refractivity contribution in [3.63, 3.8) is 0 Å². The molecule has 41 heavy (non-hydrogen) atoms. The van der Waals surface area contributed by atoms with Crippen molar-refractivity contribution >= 4 is 39.5 Å². The topological polar surface area (TPSA) is 113 Å². The molecule has 1 saturated heterocycles. The fourth-order valence-electron chi connectivity index (χ4n) is 5.57. The molecule has 1 fully saturated rings. The zero-order valence-electron chi connectivity index (χ0n) is 23.5. The van der Waals surface area contributed by atoms with Crippen molar-refractivity contribution in [2.24, 2.45) is 11.8 Å². The Labute approximate surface area is 240 Å². The molecular formula is C33H38N4O4. The quantitative estimate of drug-likeness (QED) is 0.213. The van der Waals surface area contributed by atoms with Crippen LogP contribution in [-0.2, 0) is 9.59 Å². The summed E-state index contributed by atoms with van der Waals surface area (Å²) in [6.45, 7) is 4.71. The van der Waals surface area contributed by atoms with E-state index in [2.05, 4.69) is 20.9 Å².